The molecule has 8 rings (SSSR count). The Hall–Kier alpha value is -11.9. The van der Waals surface area contributed by atoms with Gasteiger partial charge in [-0.2, -0.15) is 4.98 Å². The Morgan fingerprint density at radius 3 is 1.56 bits per heavy atom. The molecule has 0 saturated carbocycles. The Bertz CT molecular complexity index is 4440. The minimum atomic E-state index is -1.85. The van der Waals surface area contributed by atoms with Crippen molar-refractivity contribution in [2.45, 2.75) is 186 Å². The zero-order chi connectivity index (χ0) is 81.8. The van der Waals surface area contributed by atoms with Gasteiger partial charge in [-0.3, -0.25) is 62.5 Å². The number of likely N-dealkylation sites (tertiary alicyclic amines) is 1. The smallest absolute Gasteiger partial charge is 0.245 e. The number of nitrogens with one attached hydrogen (secondary N) is 13. The van der Waals surface area contributed by atoms with Crippen LogP contribution in [0.5, 0.6) is 0 Å². The molecule has 18 N–H and O–H groups in total. The fourth-order valence-corrected chi connectivity index (χ4v) is 13.0. The van der Waals surface area contributed by atoms with E-state index in [1.165, 1.54) is 38.1 Å². The maximum absolute atomic E-state index is 15.4. The summed E-state index contributed by atoms with van der Waals surface area (Å²) in [6, 6.07) is 22.2. The molecule has 1 aliphatic rings. The Labute approximate surface area is 660 Å². The number of pyridine rings is 1. The Morgan fingerprint density at radius 1 is 0.549 bits per heavy atom. The van der Waals surface area contributed by atoms with Crippen LogP contribution in [-0.2, 0) is 89.6 Å². The third-order valence-electron chi connectivity index (χ3n) is 18.7. The van der Waals surface area contributed by atoms with Crippen LogP contribution in [0.4, 0.5) is 23.3 Å². The first-order chi connectivity index (χ1) is 54.0. The van der Waals surface area contributed by atoms with E-state index in [2.05, 4.69) is 84.0 Å². The summed E-state index contributed by atoms with van der Waals surface area (Å²) in [5, 5.41) is 53.5. The molecule has 2 aromatic heterocycles. The van der Waals surface area contributed by atoms with Crippen LogP contribution in [0.3, 0.4) is 0 Å². The number of hydrogen-bond donors (Lipinski definition) is 16. The maximum atomic E-state index is 15.4. The number of rotatable bonds is 41. The van der Waals surface area contributed by atoms with Gasteiger partial charge < -0.3 is 85.3 Å². The van der Waals surface area contributed by atoms with E-state index < -0.39 is 132 Å². The maximum Gasteiger partial charge on any atom is 0.245 e. The number of aliphatic hydroxyl groups excluding tert-OH is 1. The summed E-state index contributed by atoms with van der Waals surface area (Å²) in [4.78, 5) is 180. The Kier molecular flexibility index (Phi) is 32.6. The number of carbonyl (C=O) groups is 12. The van der Waals surface area contributed by atoms with Crippen LogP contribution in [0.15, 0.2) is 140 Å². The molecule has 0 unspecified atom stereocenters. The van der Waals surface area contributed by atoms with Crippen molar-refractivity contribution in [3.63, 3.8) is 0 Å². The molecule has 5 aromatic carbocycles. The van der Waals surface area contributed by atoms with Gasteiger partial charge in [-0.1, -0.05) is 124 Å². The van der Waals surface area contributed by atoms with Crippen LogP contribution < -0.4 is 75.3 Å². The van der Waals surface area contributed by atoms with Gasteiger partial charge in [0.15, 0.2) is 0 Å². The van der Waals surface area contributed by atoms with Gasteiger partial charge in [0.1, 0.15) is 60.4 Å². The predicted octanol–water partition coefficient (Wildman–Crippen LogP) is 2.89. The van der Waals surface area contributed by atoms with Gasteiger partial charge in [-0.15, -0.1) is 5.10 Å². The topological polar surface area (TPSA) is 479 Å². The SMILES string of the molecule is CC(=O)Nc1ccc(C[C@@H](NC(=O)[C@H](Cc2ccc(Nc3nc(N)n[nH]3)cc2)NC(=O)[C@H](CO)NC(=O)[C@@H](Cc2cccnc2)NC(=O)[C@@H](Cc2ccc(Cl)cc2)NC(=O)[C@@H](Cc2ccc3ccccc3c2)NC(C)=O)C(=O)N[C@@H](CC(C)C)C(=O)N[C@@H](CCCCNC(C)C)C(=O)N2CCC[C@H]2C(=O)N[C@H](C)C(N)=O)cc1. The number of halogens is 1. The molecule has 602 valence electrons. The van der Waals surface area contributed by atoms with Crippen molar-refractivity contribution in [2.75, 3.05) is 36.1 Å². The normalized spacial score (nSPS) is 15.0. The summed E-state index contributed by atoms with van der Waals surface area (Å²) in [6.07, 6.45) is 3.95. The summed E-state index contributed by atoms with van der Waals surface area (Å²) < 4.78 is 0. The number of unbranched alkanes of at least 4 members (excludes halogenated alkanes) is 1. The molecule has 1 aliphatic heterocycles. The molecule has 113 heavy (non-hydrogen) atoms. The Balaban J connectivity index is 1.08. The van der Waals surface area contributed by atoms with E-state index in [9.17, 15) is 53.1 Å². The zero-order valence-corrected chi connectivity index (χ0v) is 65.0. The fraction of sp³-hybridized carbons (Fsp3) is 0.412. The monoisotopic (exact) mass is 1570 g/mol. The number of nitrogens with zero attached hydrogens (tertiary/aromatic N) is 4. The lowest BCUT2D eigenvalue weighted by Crippen LogP contribution is -2.62. The quantitative estimate of drug-likeness (QED) is 0.0245. The summed E-state index contributed by atoms with van der Waals surface area (Å²) in [7, 11) is 0. The van der Waals surface area contributed by atoms with E-state index in [-0.39, 0.29) is 87.7 Å². The first-order valence-corrected chi connectivity index (χ1v) is 38.0. The van der Waals surface area contributed by atoms with Gasteiger partial charge in [0, 0.05) is 87.3 Å². The number of anilines is 4. The number of nitrogens with two attached hydrogens (primary N) is 2. The third-order valence-corrected chi connectivity index (χ3v) is 19.0. The molecule has 0 radical (unpaired) electrons. The second kappa shape index (κ2) is 42.5. The van der Waals surface area contributed by atoms with Gasteiger partial charge in [0.2, 0.25) is 82.8 Å². The molecular formula is C80H102ClN19O13. The lowest BCUT2D eigenvalue weighted by Gasteiger charge is -2.31. The highest BCUT2D eigenvalue weighted by atomic mass is 35.5. The van der Waals surface area contributed by atoms with Gasteiger partial charge in [0.05, 0.1) is 6.61 Å². The number of aromatic nitrogens is 4. The van der Waals surface area contributed by atoms with Crippen molar-refractivity contribution in [3.05, 3.63) is 173 Å². The number of fused-ring (bicyclic) bond motifs is 1. The highest BCUT2D eigenvalue weighted by Crippen LogP contribution is 2.24. The summed E-state index contributed by atoms with van der Waals surface area (Å²) >= 11 is 6.27. The molecule has 7 aromatic rings. The molecule has 33 heteroatoms. The van der Waals surface area contributed by atoms with Gasteiger partial charge in [-0.25, -0.2) is 5.10 Å². The molecular weight excluding hydrogens is 1470 g/mol. The van der Waals surface area contributed by atoms with Crippen molar-refractivity contribution in [1.82, 2.24) is 78.2 Å². The molecule has 3 heterocycles. The summed E-state index contributed by atoms with van der Waals surface area (Å²) in [5.74, 6) is -9.20. The highest BCUT2D eigenvalue weighted by Gasteiger charge is 2.41. The number of carbonyl (C=O) groups excluding carboxylic acids is 12. The number of benzene rings is 5. The Morgan fingerprint density at radius 2 is 1.04 bits per heavy atom. The fourth-order valence-electron chi connectivity index (χ4n) is 12.9. The molecule has 1 saturated heterocycles. The van der Waals surface area contributed by atoms with Crippen molar-refractivity contribution < 1.29 is 62.6 Å². The lowest BCUT2D eigenvalue weighted by atomic mass is 9.99. The first kappa shape index (κ1) is 86.7. The molecule has 32 nitrogen and oxygen atoms in total. The minimum Gasteiger partial charge on any atom is -0.394 e. The third kappa shape index (κ3) is 27.5. The molecule has 10 atom stereocenters. The molecule has 0 bridgehead atoms. The number of H-pyrrole nitrogens is 1. The molecule has 12 amide bonds. The number of aliphatic hydroxyl groups is 1. The van der Waals surface area contributed by atoms with E-state index in [1.807, 2.05) is 70.2 Å². The molecule has 1 fully saturated rings. The van der Waals surface area contributed by atoms with Crippen LogP contribution in [0.1, 0.15) is 115 Å². The van der Waals surface area contributed by atoms with E-state index in [4.69, 9.17) is 23.1 Å². The van der Waals surface area contributed by atoms with Gasteiger partial charge in [-0.05, 0) is 139 Å². The van der Waals surface area contributed by atoms with Crippen LogP contribution in [0.25, 0.3) is 10.8 Å². The first-order valence-electron chi connectivity index (χ1n) is 37.6. The van der Waals surface area contributed by atoms with Crippen molar-refractivity contribution in [2.24, 2.45) is 11.7 Å². The number of hydrogen-bond acceptors (Lipinski definition) is 19. The van der Waals surface area contributed by atoms with Gasteiger partial charge in [0.25, 0.3) is 0 Å². The number of nitrogen functional groups attached to an aromatic ring is 1. The molecule has 0 spiro atoms. The number of amides is 12. The van der Waals surface area contributed by atoms with E-state index in [0.717, 1.165) is 10.8 Å². The second-order valence-electron chi connectivity index (χ2n) is 28.9. The second-order valence-corrected chi connectivity index (χ2v) is 29.3. The van der Waals surface area contributed by atoms with Crippen LogP contribution >= 0.6 is 11.6 Å². The van der Waals surface area contributed by atoms with Crippen LogP contribution in [0.2, 0.25) is 5.02 Å². The van der Waals surface area contributed by atoms with E-state index in [1.54, 1.807) is 84.9 Å². The van der Waals surface area contributed by atoms with Crippen LogP contribution in [-0.4, -0.2) is 187 Å². The predicted molar refractivity (Wildman–Crippen MR) is 426 cm³/mol. The largest absolute Gasteiger partial charge is 0.394 e. The number of aromatic amines is 1. The summed E-state index contributed by atoms with van der Waals surface area (Å²) in [6.45, 7) is 11.3. The van der Waals surface area contributed by atoms with E-state index >= 15 is 9.59 Å². The summed E-state index contributed by atoms with van der Waals surface area (Å²) in [5.41, 5.74) is 14.7. The van der Waals surface area contributed by atoms with E-state index in [0.29, 0.717) is 70.0 Å². The lowest BCUT2D eigenvalue weighted by molar-refractivity contribution is -0.142. The average molecular weight is 1570 g/mol. The van der Waals surface area contributed by atoms with Crippen LogP contribution in [0, 0.1) is 5.92 Å². The van der Waals surface area contributed by atoms with Crippen molar-refractivity contribution >= 4 is 117 Å². The zero-order valence-electron chi connectivity index (χ0n) is 64.3. The van der Waals surface area contributed by atoms with Crippen molar-refractivity contribution in [1.29, 1.82) is 0 Å². The standard InChI is InChI=1S/C80H102ClN19O13/c1-45(2)36-61(70(105)90-60(17-10-11-34-85-46(3)4)78(113)100-35-13-18-68(100)77(112)86-47(5)69(82)104)91-72(107)64(39-51-22-29-58(30-23-51)87-48(6)102)93-74(109)65(40-52-24-31-59(32-25-52)89-80-97-79(83)98-99-80)95-76(111)67(44-101)96-75(110)66(42-54-14-12-33-84-43-54)94-73(108)63(38-50-20-27-57(81)28-21-50)92-71(106)62(88-49(7)103)41-53-19-26-55-15-8-9-16-56(55)37-53/h8-9,12,14-16,19-33,37,43,45-47,60-68,85,101H,10-11,13,17-18,34-36,38-42,44H2,1-7H3,(H2,82,104)(H,86,112)(H,87,102)(H,88,103)(H,90,105)(H,91,107)(H,92,106)(H,93,109)(H,94,108)(H,95,111)(H,96,110)(H4,83,89,97,98,99)/t47-,60+,61+,62-,63-,64-,65+,66-,67+,68+/m1/s1. The molecule has 0 aliphatic carbocycles. The average Bonchev–Trinajstić information content (AvgIpc) is 1.79. The highest BCUT2D eigenvalue weighted by molar-refractivity contribution is 6.30. The minimum absolute atomic E-state index is 0.0191. The number of primary amides is 1. The van der Waals surface area contributed by atoms with Crippen molar-refractivity contribution in [3.8, 4) is 0 Å². The van der Waals surface area contributed by atoms with Gasteiger partial charge >= 0.3 is 0 Å².